The minimum atomic E-state index is -1.43. The predicted molar refractivity (Wildman–Crippen MR) is 97.6 cm³/mol. The molecule has 4 bridgehead atoms. The van der Waals surface area contributed by atoms with E-state index in [-0.39, 0.29) is 23.4 Å². The molecular formula is C19H33BN2O3. The number of hydrogen-bond donors (Lipinski definition) is 3. The highest BCUT2D eigenvalue weighted by molar-refractivity contribution is 6.43. The van der Waals surface area contributed by atoms with Crippen LogP contribution in [0.3, 0.4) is 0 Å². The normalized spacial score (nSPS) is 40.8. The van der Waals surface area contributed by atoms with Crippen molar-refractivity contribution in [1.82, 2.24) is 10.2 Å². The zero-order valence-electron chi connectivity index (χ0n) is 15.7. The van der Waals surface area contributed by atoms with Crippen LogP contribution in [0.1, 0.15) is 65.2 Å². The van der Waals surface area contributed by atoms with E-state index in [2.05, 4.69) is 19.2 Å². The number of carbonyl (C=O) groups is 1. The lowest BCUT2D eigenvalue weighted by Gasteiger charge is -2.58. The molecule has 140 valence electrons. The van der Waals surface area contributed by atoms with Crippen LogP contribution in [0.4, 0.5) is 0 Å². The van der Waals surface area contributed by atoms with Crippen LogP contribution in [0.5, 0.6) is 0 Å². The maximum atomic E-state index is 13.3. The average Bonchev–Trinajstić information content (AvgIpc) is 3.00. The molecule has 0 spiro atoms. The Morgan fingerprint density at radius 1 is 1.12 bits per heavy atom. The van der Waals surface area contributed by atoms with E-state index in [1.54, 1.807) is 4.90 Å². The van der Waals surface area contributed by atoms with Crippen molar-refractivity contribution in [2.24, 2.45) is 23.7 Å². The molecule has 5 aliphatic rings. The Kier molecular flexibility index (Phi) is 4.66. The fraction of sp³-hybridized carbons (Fsp3) is 0.947. The van der Waals surface area contributed by atoms with Crippen LogP contribution >= 0.6 is 0 Å². The number of nitrogens with one attached hydrogen (secondary N) is 1. The summed E-state index contributed by atoms with van der Waals surface area (Å²) in [5, 5.41) is 23.1. The van der Waals surface area contributed by atoms with Crippen molar-refractivity contribution in [3.63, 3.8) is 0 Å². The Morgan fingerprint density at radius 2 is 1.68 bits per heavy atom. The van der Waals surface area contributed by atoms with Gasteiger partial charge >= 0.3 is 7.12 Å². The third kappa shape index (κ3) is 3.26. The van der Waals surface area contributed by atoms with E-state index in [1.165, 1.54) is 38.5 Å². The Hall–Kier alpha value is -0.585. The average molecular weight is 348 g/mol. The van der Waals surface area contributed by atoms with E-state index in [0.717, 1.165) is 24.2 Å². The summed E-state index contributed by atoms with van der Waals surface area (Å²) in [6.07, 6.45) is 9.40. The van der Waals surface area contributed by atoms with Gasteiger partial charge in [-0.15, -0.1) is 0 Å². The molecule has 1 heterocycles. The summed E-state index contributed by atoms with van der Waals surface area (Å²) in [4.78, 5) is 15.0. The van der Waals surface area contributed by atoms with Gasteiger partial charge in [-0.25, -0.2) is 0 Å². The van der Waals surface area contributed by atoms with Crippen LogP contribution in [-0.4, -0.2) is 52.0 Å². The lowest BCUT2D eigenvalue weighted by Crippen LogP contribution is -2.65. The molecule has 2 atom stereocenters. The quantitative estimate of drug-likeness (QED) is 0.660. The fourth-order valence-electron chi connectivity index (χ4n) is 6.69. The molecule has 1 aliphatic heterocycles. The SMILES string of the molecule is CC(C)[C@@H](NC12CC3CC(CC(C3)C1)C2)C(=O)N1CCC[C@H]1B(O)O. The highest BCUT2D eigenvalue weighted by Gasteiger charge is 2.52. The molecule has 6 heteroatoms. The summed E-state index contributed by atoms with van der Waals surface area (Å²) in [5.41, 5.74) is 0.145. The fourth-order valence-corrected chi connectivity index (χ4v) is 6.69. The molecule has 1 saturated heterocycles. The summed E-state index contributed by atoms with van der Waals surface area (Å²) in [7, 11) is -1.43. The first-order chi connectivity index (χ1) is 11.9. The Bertz CT molecular complexity index is 490. The molecule has 4 saturated carbocycles. The minimum Gasteiger partial charge on any atom is -0.426 e. The molecule has 0 aromatic carbocycles. The summed E-state index contributed by atoms with van der Waals surface area (Å²) in [6, 6.07) is -0.212. The molecular weight excluding hydrogens is 315 g/mol. The molecule has 0 aromatic heterocycles. The zero-order valence-corrected chi connectivity index (χ0v) is 15.7. The number of amides is 1. The van der Waals surface area contributed by atoms with Crippen LogP contribution in [0, 0.1) is 23.7 Å². The van der Waals surface area contributed by atoms with Crippen molar-refractivity contribution >= 4 is 13.0 Å². The number of likely N-dealkylation sites (tertiary alicyclic amines) is 1. The van der Waals surface area contributed by atoms with Gasteiger partial charge in [0.05, 0.1) is 12.0 Å². The molecule has 25 heavy (non-hydrogen) atoms. The summed E-state index contributed by atoms with van der Waals surface area (Å²) in [6.45, 7) is 4.86. The summed E-state index contributed by atoms with van der Waals surface area (Å²) in [5.74, 6) is 2.38. The van der Waals surface area contributed by atoms with Crippen molar-refractivity contribution in [3.8, 4) is 0 Å². The smallest absolute Gasteiger partial charge is 0.426 e. The van der Waals surface area contributed by atoms with Gasteiger partial charge in [0.25, 0.3) is 0 Å². The number of nitrogens with zero attached hydrogens (tertiary/aromatic N) is 1. The van der Waals surface area contributed by atoms with Crippen LogP contribution in [0.25, 0.3) is 0 Å². The highest BCUT2D eigenvalue weighted by Crippen LogP contribution is 2.55. The van der Waals surface area contributed by atoms with Crippen LogP contribution in [-0.2, 0) is 4.79 Å². The first-order valence-electron chi connectivity index (χ1n) is 10.3. The van der Waals surface area contributed by atoms with Crippen molar-refractivity contribution < 1.29 is 14.8 Å². The summed E-state index contributed by atoms with van der Waals surface area (Å²) < 4.78 is 0. The second kappa shape index (κ2) is 6.54. The molecule has 1 amide bonds. The van der Waals surface area contributed by atoms with E-state index < -0.39 is 13.1 Å². The van der Waals surface area contributed by atoms with Gasteiger partial charge in [-0.05, 0) is 75.0 Å². The Morgan fingerprint density at radius 3 is 2.16 bits per heavy atom. The van der Waals surface area contributed by atoms with E-state index in [4.69, 9.17) is 0 Å². The number of rotatable bonds is 5. The van der Waals surface area contributed by atoms with Crippen molar-refractivity contribution in [1.29, 1.82) is 0 Å². The van der Waals surface area contributed by atoms with Gasteiger partial charge in [-0.1, -0.05) is 13.8 Å². The van der Waals surface area contributed by atoms with E-state index in [0.29, 0.717) is 13.0 Å². The van der Waals surface area contributed by atoms with E-state index in [1.807, 2.05) is 0 Å². The Balaban J connectivity index is 1.51. The third-order valence-corrected chi connectivity index (χ3v) is 7.36. The van der Waals surface area contributed by atoms with Gasteiger partial charge < -0.3 is 20.3 Å². The first-order valence-corrected chi connectivity index (χ1v) is 10.3. The van der Waals surface area contributed by atoms with Gasteiger partial charge in [-0.3, -0.25) is 4.79 Å². The lowest BCUT2D eigenvalue weighted by atomic mass is 9.53. The Labute approximate surface area is 151 Å². The first kappa shape index (κ1) is 17.8. The van der Waals surface area contributed by atoms with Gasteiger partial charge in [0.2, 0.25) is 5.91 Å². The lowest BCUT2D eigenvalue weighted by molar-refractivity contribution is -0.136. The molecule has 0 aromatic rings. The van der Waals surface area contributed by atoms with Gasteiger partial charge in [0.1, 0.15) is 0 Å². The van der Waals surface area contributed by atoms with Crippen molar-refractivity contribution in [2.45, 2.75) is 82.7 Å². The van der Waals surface area contributed by atoms with Crippen LogP contribution < -0.4 is 5.32 Å². The number of carbonyl (C=O) groups excluding carboxylic acids is 1. The van der Waals surface area contributed by atoms with Crippen LogP contribution in [0.15, 0.2) is 0 Å². The summed E-state index contributed by atoms with van der Waals surface area (Å²) >= 11 is 0. The predicted octanol–water partition coefficient (Wildman–Crippen LogP) is 1.57. The highest BCUT2D eigenvalue weighted by atomic mass is 16.4. The molecule has 5 nitrogen and oxygen atoms in total. The van der Waals surface area contributed by atoms with Crippen LogP contribution in [0.2, 0.25) is 0 Å². The maximum Gasteiger partial charge on any atom is 0.475 e. The largest absolute Gasteiger partial charge is 0.475 e. The standard InChI is InChI=1S/C19H33BN2O3/c1-12(2)17(18(23)22-5-3-4-16(22)20(24)25)21-19-9-13-6-14(10-19)8-15(7-13)11-19/h12-17,21,24-25H,3-11H2,1-2H3/t13?,14?,15?,16-,17+,19?/m0/s1. The molecule has 0 unspecified atom stereocenters. The molecule has 3 N–H and O–H groups in total. The second-order valence-electron chi connectivity index (χ2n) is 9.72. The van der Waals surface area contributed by atoms with Gasteiger partial charge in [0.15, 0.2) is 0 Å². The number of hydrogen-bond acceptors (Lipinski definition) is 4. The molecule has 5 rings (SSSR count). The molecule has 5 fully saturated rings. The molecule has 0 radical (unpaired) electrons. The third-order valence-electron chi connectivity index (χ3n) is 7.36. The molecule has 4 aliphatic carbocycles. The van der Waals surface area contributed by atoms with E-state index >= 15 is 0 Å². The topological polar surface area (TPSA) is 72.8 Å². The van der Waals surface area contributed by atoms with Crippen molar-refractivity contribution in [3.05, 3.63) is 0 Å². The second-order valence-corrected chi connectivity index (χ2v) is 9.72. The van der Waals surface area contributed by atoms with Gasteiger partial charge in [-0.2, -0.15) is 0 Å². The van der Waals surface area contributed by atoms with E-state index in [9.17, 15) is 14.8 Å². The maximum absolute atomic E-state index is 13.3. The zero-order chi connectivity index (χ0) is 17.8. The van der Waals surface area contributed by atoms with Crippen molar-refractivity contribution in [2.75, 3.05) is 6.54 Å². The monoisotopic (exact) mass is 348 g/mol. The van der Waals surface area contributed by atoms with Gasteiger partial charge in [0, 0.05) is 12.1 Å². The minimum absolute atomic E-state index is 0.0707.